The highest BCUT2D eigenvalue weighted by Gasteiger charge is 2.08. The number of hydrogen-bond acceptors (Lipinski definition) is 3. The van der Waals surface area contributed by atoms with Crippen molar-refractivity contribution < 1.29 is 4.79 Å². The first-order valence-electron chi connectivity index (χ1n) is 5.51. The normalized spacial score (nSPS) is 10.5. The number of carbonyl (C=O) groups is 1. The molecule has 17 heavy (non-hydrogen) atoms. The van der Waals surface area contributed by atoms with Gasteiger partial charge in [-0.2, -0.15) is 0 Å². The fourth-order valence-corrected chi connectivity index (χ4v) is 2.83. The molecule has 2 rings (SSSR count). The lowest BCUT2D eigenvalue weighted by molar-refractivity contribution is 0.112. The number of rotatable bonds is 3. The molecule has 0 radical (unpaired) electrons. The summed E-state index contributed by atoms with van der Waals surface area (Å²) in [6.07, 6.45) is 0.909. The fraction of sp³-hybridized carbons (Fsp3) is 0.214. The third-order valence-electron chi connectivity index (χ3n) is 2.87. The molecule has 0 aliphatic heterocycles. The minimum atomic E-state index is 0.578. The largest absolute Gasteiger partial charge is 0.326 e. The second-order valence-electron chi connectivity index (χ2n) is 4.11. The second kappa shape index (κ2) is 4.82. The monoisotopic (exact) mass is 245 g/mol. The van der Waals surface area contributed by atoms with Crippen LogP contribution < -0.4 is 5.73 Å². The Hall–Kier alpha value is -1.45. The number of aryl methyl sites for hydroxylation is 2. The highest BCUT2D eigenvalue weighted by Crippen LogP contribution is 2.31. The van der Waals surface area contributed by atoms with Gasteiger partial charge in [0.15, 0.2) is 0 Å². The standard InChI is InChI=1S/C14H15NOS/c1-9-6-13(10(2)5-11(9)8-16)14-4-3-12(7-15)17-14/h3-6,8H,7,15H2,1-2H3. The third-order valence-corrected chi connectivity index (χ3v) is 4.01. The highest BCUT2D eigenvalue weighted by atomic mass is 32.1. The molecule has 0 spiro atoms. The number of hydrogen-bond donors (Lipinski definition) is 1. The maximum atomic E-state index is 10.9. The summed E-state index contributed by atoms with van der Waals surface area (Å²) in [7, 11) is 0. The molecule has 0 atom stereocenters. The lowest BCUT2D eigenvalue weighted by Crippen LogP contribution is -1.91. The molecular formula is C14H15NOS. The second-order valence-corrected chi connectivity index (χ2v) is 5.28. The van der Waals surface area contributed by atoms with E-state index in [4.69, 9.17) is 5.73 Å². The molecule has 1 heterocycles. The van der Waals surface area contributed by atoms with Crippen molar-refractivity contribution in [3.63, 3.8) is 0 Å². The molecule has 0 saturated heterocycles. The average Bonchev–Trinajstić information content (AvgIpc) is 2.80. The van der Waals surface area contributed by atoms with Gasteiger partial charge in [0.25, 0.3) is 0 Å². The summed E-state index contributed by atoms with van der Waals surface area (Å²) in [5.74, 6) is 0. The van der Waals surface area contributed by atoms with E-state index in [1.807, 2.05) is 19.9 Å². The summed E-state index contributed by atoms with van der Waals surface area (Å²) in [5, 5.41) is 0. The summed E-state index contributed by atoms with van der Waals surface area (Å²) in [4.78, 5) is 13.3. The summed E-state index contributed by atoms with van der Waals surface area (Å²) in [6, 6.07) is 8.17. The molecule has 88 valence electrons. The van der Waals surface area contributed by atoms with E-state index in [9.17, 15) is 4.79 Å². The van der Waals surface area contributed by atoms with Crippen LogP contribution in [-0.4, -0.2) is 6.29 Å². The van der Waals surface area contributed by atoms with E-state index >= 15 is 0 Å². The lowest BCUT2D eigenvalue weighted by atomic mass is 10.00. The van der Waals surface area contributed by atoms with Crippen LogP contribution in [0.5, 0.6) is 0 Å². The molecule has 0 unspecified atom stereocenters. The molecule has 0 aliphatic rings. The van der Waals surface area contributed by atoms with Gasteiger partial charge in [0.2, 0.25) is 0 Å². The number of carbonyl (C=O) groups excluding carboxylic acids is 1. The first kappa shape index (κ1) is 12.0. The first-order chi connectivity index (χ1) is 8.15. The Morgan fingerprint density at radius 1 is 1.24 bits per heavy atom. The Morgan fingerprint density at radius 2 is 2.00 bits per heavy atom. The number of aldehydes is 1. The molecule has 1 aromatic heterocycles. The molecular weight excluding hydrogens is 230 g/mol. The summed E-state index contributed by atoms with van der Waals surface area (Å²) < 4.78 is 0. The molecule has 1 aromatic carbocycles. The van der Waals surface area contributed by atoms with Crippen LogP contribution >= 0.6 is 11.3 Å². The van der Waals surface area contributed by atoms with Crippen LogP contribution in [0.15, 0.2) is 24.3 Å². The van der Waals surface area contributed by atoms with Gasteiger partial charge in [0, 0.05) is 21.9 Å². The van der Waals surface area contributed by atoms with Gasteiger partial charge in [0.05, 0.1) is 0 Å². The number of thiophene rings is 1. The van der Waals surface area contributed by atoms with Crippen molar-refractivity contribution in [2.75, 3.05) is 0 Å². The minimum absolute atomic E-state index is 0.578. The van der Waals surface area contributed by atoms with Crippen LogP contribution in [0.3, 0.4) is 0 Å². The van der Waals surface area contributed by atoms with Crippen LogP contribution in [0.4, 0.5) is 0 Å². The topological polar surface area (TPSA) is 43.1 Å². The van der Waals surface area contributed by atoms with Crippen molar-refractivity contribution in [1.82, 2.24) is 0 Å². The van der Waals surface area contributed by atoms with Crippen LogP contribution in [-0.2, 0) is 6.54 Å². The van der Waals surface area contributed by atoms with Crippen LogP contribution in [0.2, 0.25) is 0 Å². The van der Waals surface area contributed by atoms with Crippen molar-refractivity contribution in [1.29, 1.82) is 0 Å². The van der Waals surface area contributed by atoms with Crippen molar-refractivity contribution in [2.24, 2.45) is 5.73 Å². The van der Waals surface area contributed by atoms with Crippen LogP contribution in [0, 0.1) is 13.8 Å². The van der Waals surface area contributed by atoms with Crippen LogP contribution in [0.1, 0.15) is 26.4 Å². The zero-order valence-corrected chi connectivity index (χ0v) is 10.8. The van der Waals surface area contributed by atoms with Crippen molar-refractivity contribution in [2.45, 2.75) is 20.4 Å². The van der Waals surface area contributed by atoms with Crippen molar-refractivity contribution in [3.05, 3.63) is 45.8 Å². The lowest BCUT2D eigenvalue weighted by Gasteiger charge is -2.07. The van der Waals surface area contributed by atoms with Crippen LogP contribution in [0.25, 0.3) is 10.4 Å². The van der Waals surface area contributed by atoms with Gasteiger partial charge in [-0.05, 0) is 54.8 Å². The molecule has 0 fully saturated rings. The molecule has 3 heteroatoms. The molecule has 0 aliphatic carbocycles. The smallest absolute Gasteiger partial charge is 0.150 e. The Kier molecular flexibility index (Phi) is 3.41. The fourth-order valence-electron chi connectivity index (χ4n) is 1.86. The molecule has 0 bridgehead atoms. The molecule has 2 N–H and O–H groups in total. The van der Waals surface area contributed by atoms with E-state index in [0.29, 0.717) is 6.54 Å². The quantitative estimate of drug-likeness (QED) is 0.843. The molecule has 2 nitrogen and oxygen atoms in total. The van der Waals surface area contributed by atoms with E-state index < -0.39 is 0 Å². The zero-order valence-electron chi connectivity index (χ0n) is 9.99. The third kappa shape index (κ3) is 2.30. The highest BCUT2D eigenvalue weighted by molar-refractivity contribution is 7.15. The van der Waals surface area contributed by atoms with Gasteiger partial charge < -0.3 is 5.73 Å². The number of benzene rings is 1. The van der Waals surface area contributed by atoms with Gasteiger partial charge in [-0.25, -0.2) is 0 Å². The summed E-state index contributed by atoms with van der Waals surface area (Å²) in [5.41, 5.74) is 9.72. The molecule has 2 aromatic rings. The maximum absolute atomic E-state index is 10.9. The van der Waals surface area contributed by atoms with E-state index in [0.717, 1.165) is 23.0 Å². The molecule has 0 saturated carbocycles. The van der Waals surface area contributed by atoms with E-state index in [2.05, 4.69) is 18.2 Å². The SMILES string of the molecule is Cc1cc(-c2ccc(CN)s2)c(C)cc1C=O. The first-order valence-corrected chi connectivity index (χ1v) is 6.33. The van der Waals surface area contributed by atoms with Gasteiger partial charge in [0.1, 0.15) is 6.29 Å². The maximum Gasteiger partial charge on any atom is 0.150 e. The molecule has 0 amide bonds. The Morgan fingerprint density at radius 3 is 2.59 bits per heavy atom. The Balaban J connectivity index is 2.52. The minimum Gasteiger partial charge on any atom is -0.326 e. The zero-order chi connectivity index (χ0) is 12.4. The predicted octanol–water partition coefficient (Wildman–Crippen LogP) is 3.30. The Labute approximate surface area is 105 Å². The predicted molar refractivity (Wildman–Crippen MR) is 72.5 cm³/mol. The summed E-state index contributed by atoms with van der Waals surface area (Å²) in [6.45, 7) is 4.57. The van der Waals surface area contributed by atoms with Crippen molar-refractivity contribution in [3.8, 4) is 10.4 Å². The van der Waals surface area contributed by atoms with Gasteiger partial charge in [-0.3, -0.25) is 4.79 Å². The summed E-state index contributed by atoms with van der Waals surface area (Å²) >= 11 is 1.71. The number of nitrogens with two attached hydrogens (primary N) is 1. The Bertz CT molecular complexity index is 557. The van der Waals surface area contributed by atoms with E-state index in [-0.39, 0.29) is 0 Å². The van der Waals surface area contributed by atoms with Gasteiger partial charge in [-0.15, -0.1) is 11.3 Å². The average molecular weight is 245 g/mol. The van der Waals surface area contributed by atoms with Gasteiger partial charge in [-0.1, -0.05) is 0 Å². The van der Waals surface area contributed by atoms with E-state index in [1.54, 1.807) is 11.3 Å². The van der Waals surface area contributed by atoms with Gasteiger partial charge >= 0.3 is 0 Å². The van der Waals surface area contributed by atoms with E-state index in [1.165, 1.54) is 15.3 Å². The van der Waals surface area contributed by atoms with Crippen molar-refractivity contribution >= 4 is 17.6 Å².